The van der Waals surface area contributed by atoms with Crippen molar-refractivity contribution in [3.63, 3.8) is 0 Å². The smallest absolute Gasteiger partial charge is 0.336 e. The van der Waals surface area contributed by atoms with Gasteiger partial charge in [0, 0.05) is 29.3 Å². The third-order valence-corrected chi connectivity index (χ3v) is 6.56. The molecule has 0 fully saturated rings. The third-order valence-electron chi connectivity index (χ3n) is 6.56. The van der Waals surface area contributed by atoms with E-state index in [1.165, 1.54) is 12.1 Å². The van der Waals surface area contributed by atoms with Gasteiger partial charge in [0.2, 0.25) is 0 Å². The van der Waals surface area contributed by atoms with Gasteiger partial charge in [-0.15, -0.1) is 0 Å². The maximum Gasteiger partial charge on any atom is 0.336 e. The molecule has 0 unspecified atom stereocenters. The van der Waals surface area contributed by atoms with Gasteiger partial charge in [-0.3, -0.25) is 4.79 Å². The first-order chi connectivity index (χ1) is 17.1. The summed E-state index contributed by atoms with van der Waals surface area (Å²) >= 11 is 0. The summed E-state index contributed by atoms with van der Waals surface area (Å²) in [5.74, 6) is -0.347. The van der Waals surface area contributed by atoms with E-state index in [0.29, 0.717) is 41.2 Å². The molecule has 0 radical (unpaired) electrons. The number of ether oxygens (including phenoxy) is 3. The number of ketones is 1. The molecule has 6 nitrogen and oxygen atoms in total. The van der Waals surface area contributed by atoms with Crippen LogP contribution in [0.4, 0.5) is 4.39 Å². The lowest BCUT2D eigenvalue weighted by Crippen LogP contribution is -2.38. The Morgan fingerprint density at radius 3 is 2.50 bits per heavy atom. The number of dihydropyridines is 1. The molecule has 1 atom stereocenters. The van der Waals surface area contributed by atoms with Gasteiger partial charge in [0.15, 0.2) is 17.3 Å². The molecule has 1 aliphatic carbocycles. The Balaban J connectivity index is 1.73. The van der Waals surface area contributed by atoms with Gasteiger partial charge in [-0.05, 0) is 61.1 Å². The van der Waals surface area contributed by atoms with Crippen molar-refractivity contribution < 1.29 is 28.2 Å². The Bertz CT molecular complexity index is 1240. The van der Waals surface area contributed by atoms with E-state index in [1.807, 2.05) is 13.0 Å². The molecule has 7 heteroatoms. The zero-order valence-electron chi connectivity index (χ0n) is 21.4. The number of halogens is 1. The van der Waals surface area contributed by atoms with Crippen molar-refractivity contribution in [1.82, 2.24) is 5.32 Å². The number of benzene rings is 2. The summed E-state index contributed by atoms with van der Waals surface area (Å²) in [5, 5.41) is 3.33. The van der Waals surface area contributed by atoms with E-state index >= 15 is 0 Å². The Morgan fingerprint density at radius 1 is 1.11 bits per heavy atom. The number of allylic oxidation sites excluding steroid dienone is 3. The van der Waals surface area contributed by atoms with Gasteiger partial charge in [0.25, 0.3) is 0 Å². The van der Waals surface area contributed by atoms with Crippen LogP contribution in [0.25, 0.3) is 0 Å². The molecule has 0 bridgehead atoms. The quantitative estimate of drug-likeness (QED) is 0.508. The molecule has 0 aromatic heterocycles. The fourth-order valence-corrected chi connectivity index (χ4v) is 4.97. The average molecular weight is 494 g/mol. The van der Waals surface area contributed by atoms with E-state index in [4.69, 9.17) is 14.2 Å². The van der Waals surface area contributed by atoms with Crippen LogP contribution in [0.3, 0.4) is 0 Å². The maximum atomic E-state index is 13.4. The van der Waals surface area contributed by atoms with Crippen LogP contribution in [0.1, 0.15) is 57.6 Å². The molecule has 0 spiro atoms. The van der Waals surface area contributed by atoms with Crippen LogP contribution >= 0.6 is 0 Å². The fraction of sp³-hybridized carbons (Fsp3) is 0.379. The maximum absolute atomic E-state index is 13.4. The molecule has 1 aliphatic heterocycles. The second-order valence-corrected chi connectivity index (χ2v) is 9.98. The topological polar surface area (TPSA) is 73.9 Å². The van der Waals surface area contributed by atoms with Gasteiger partial charge < -0.3 is 19.5 Å². The Kier molecular flexibility index (Phi) is 7.20. The van der Waals surface area contributed by atoms with Crippen LogP contribution in [0.2, 0.25) is 0 Å². The molecule has 1 heterocycles. The Labute approximate surface area is 211 Å². The molecule has 2 aliphatic rings. The summed E-state index contributed by atoms with van der Waals surface area (Å²) in [6.07, 6.45) is 1.10. The minimum absolute atomic E-state index is 0.0173. The SMILES string of the molecule is CCOC(=O)C1=C(C)NC2=C(C(=O)CC(C)(C)C2)[C@@H]1c1ccc(OCc2ccc(F)cc2)c(OC)c1. The molecule has 190 valence electrons. The molecule has 36 heavy (non-hydrogen) atoms. The number of hydrogen-bond donors (Lipinski definition) is 1. The highest BCUT2D eigenvalue weighted by Crippen LogP contribution is 2.48. The van der Waals surface area contributed by atoms with E-state index in [-0.39, 0.29) is 30.2 Å². The normalized spacial score (nSPS) is 18.9. The first-order valence-corrected chi connectivity index (χ1v) is 12.1. The number of esters is 1. The number of carbonyl (C=O) groups excluding carboxylic acids is 2. The summed E-state index contributed by atoms with van der Waals surface area (Å²) in [6, 6.07) is 11.5. The van der Waals surface area contributed by atoms with Gasteiger partial charge in [-0.2, -0.15) is 0 Å². The molecule has 0 amide bonds. The van der Waals surface area contributed by atoms with Crippen LogP contribution in [-0.4, -0.2) is 25.5 Å². The second-order valence-electron chi connectivity index (χ2n) is 9.98. The lowest BCUT2D eigenvalue weighted by molar-refractivity contribution is -0.138. The largest absolute Gasteiger partial charge is 0.493 e. The van der Waals surface area contributed by atoms with Crippen molar-refractivity contribution in [1.29, 1.82) is 0 Å². The standard InChI is InChI=1S/C29H32FNO5/c1-6-35-28(33)25-17(2)31-21-14-29(3,4)15-22(32)27(21)26(25)19-9-12-23(24(13-19)34-5)36-16-18-7-10-20(30)11-8-18/h7-13,26,31H,6,14-16H2,1-5H3/t26-/m1/s1. The van der Waals surface area contributed by atoms with Crippen molar-refractivity contribution in [2.75, 3.05) is 13.7 Å². The zero-order valence-corrected chi connectivity index (χ0v) is 21.4. The highest BCUT2D eigenvalue weighted by atomic mass is 19.1. The van der Waals surface area contributed by atoms with Crippen LogP contribution < -0.4 is 14.8 Å². The predicted octanol–water partition coefficient (Wildman–Crippen LogP) is 5.58. The summed E-state index contributed by atoms with van der Waals surface area (Å²) in [6.45, 7) is 8.21. The number of hydrogen-bond acceptors (Lipinski definition) is 6. The number of methoxy groups -OCH3 is 1. The highest BCUT2D eigenvalue weighted by Gasteiger charge is 2.43. The van der Waals surface area contributed by atoms with Crippen LogP contribution in [0.15, 0.2) is 65.0 Å². The monoisotopic (exact) mass is 493 g/mol. The minimum Gasteiger partial charge on any atom is -0.493 e. The molecular formula is C29H32FNO5. The van der Waals surface area contributed by atoms with Crippen molar-refractivity contribution in [2.24, 2.45) is 5.41 Å². The van der Waals surface area contributed by atoms with Crippen LogP contribution in [-0.2, 0) is 20.9 Å². The summed E-state index contributed by atoms with van der Waals surface area (Å²) in [4.78, 5) is 26.5. The van der Waals surface area contributed by atoms with Gasteiger partial charge in [-0.1, -0.05) is 32.0 Å². The number of Topliss-reactive ketones (excluding diaryl/α,β-unsaturated/α-hetero) is 1. The van der Waals surface area contributed by atoms with Crippen LogP contribution in [0, 0.1) is 11.2 Å². The molecule has 2 aromatic rings. The minimum atomic E-state index is -0.580. The zero-order chi connectivity index (χ0) is 26.0. The predicted molar refractivity (Wildman–Crippen MR) is 134 cm³/mol. The van der Waals surface area contributed by atoms with Crippen molar-refractivity contribution in [3.05, 3.63) is 81.9 Å². The molecule has 2 aromatic carbocycles. The van der Waals surface area contributed by atoms with Gasteiger partial charge in [0.1, 0.15) is 12.4 Å². The summed E-state index contributed by atoms with van der Waals surface area (Å²) in [5.41, 5.74) is 3.93. The molecule has 1 N–H and O–H groups in total. The molecule has 4 rings (SSSR count). The number of nitrogens with one attached hydrogen (secondary N) is 1. The second kappa shape index (κ2) is 10.2. The summed E-state index contributed by atoms with van der Waals surface area (Å²) in [7, 11) is 1.54. The van der Waals surface area contributed by atoms with E-state index in [9.17, 15) is 14.0 Å². The first-order valence-electron chi connectivity index (χ1n) is 12.1. The van der Waals surface area contributed by atoms with Gasteiger partial charge in [0.05, 0.1) is 19.3 Å². The summed E-state index contributed by atoms with van der Waals surface area (Å²) < 4.78 is 30.2. The highest BCUT2D eigenvalue weighted by molar-refractivity contribution is 6.04. The Hall–Kier alpha value is -3.61. The molecule has 0 saturated heterocycles. The Morgan fingerprint density at radius 2 is 1.83 bits per heavy atom. The number of carbonyl (C=O) groups is 2. The third kappa shape index (κ3) is 5.15. The van der Waals surface area contributed by atoms with E-state index in [2.05, 4.69) is 19.2 Å². The molecular weight excluding hydrogens is 461 g/mol. The number of rotatable bonds is 7. The molecule has 0 saturated carbocycles. The van der Waals surface area contributed by atoms with Gasteiger partial charge >= 0.3 is 5.97 Å². The van der Waals surface area contributed by atoms with E-state index in [1.54, 1.807) is 38.3 Å². The first kappa shape index (κ1) is 25.5. The van der Waals surface area contributed by atoms with Crippen molar-refractivity contribution in [3.8, 4) is 11.5 Å². The van der Waals surface area contributed by atoms with E-state index in [0.717, 1.165) is 16.8 Å². The van der Waals surface area contributed by atoms with Gasteiger partial charge in [-0.25, -0.2) is 9.18 Å². The average Bonchev–Trinajstić information content (AvgIpc) is 2.82. The van der Waals surface area contributed by atoms with E-state index < -0.39 is 11.9 Å². The van der Waals surface area contributed by atoms with Crippen LogP contribution in [0.5, 0.6) is 11.5 Å². The lowest BCUT2D eigenvalue weighted by atomic mass is 9.68. The lowest BCUT2D eigenvalue weighted by Gasteiger charge is -2.39. The van der Waals surface area contributed by atoms with Crippen molar-refractivity contribution in [2.45, 2.75) is 53.1 Å². The van der Waals surface area contributed by atoms with Crippen molar-refractivity contribution >= 4 is 11.8 Å². The fourth-order valence-electron chi connectivity index (χ4n) is 4.97.